The van der Waals surface area contributed by atoms with Crippen LogP contribution in [0.15, 0.2) is 24.3 Å². The summed E-state index contributed by atoms with van der Waals surface area (Å²) in [6, 6.07) is 8.37. The second-order valence-corrected chi connectivity index (χ2v) is 6.66. The van der Waals surface area contributed by atoms with Crippen LogP contribution in [-0.2, 0) is 11.2 Å². The highest BCUT2D eigenvalue weighted by atomic mass is 32.2. The van der Waals surface area contributed by atoms with E-state index in [9.17, 15) is 4.79 Å². The van der Waals surface area contributed by atoms with Gasteiger partial charge in [-0.05, 0) is 48.3 Å². The molecule has 3 N–H and O–H groups in total. The van der Waals surface area contributed by atoms with E-state index >= 15 is 0 Å². The minimum absolute atomic E-state index is 0.0285. The summed E-state index contributed by atoms with van der Waals surface area (Å²) in [5.41, 5.74) is 8.50. The topological polar surface area (TPSA) is 55.1 Å². The smallest absolute Gasteiger partial charge is 0.236 e. The predicted molar refractivity (Wildman–Crippen MR) is 92.8 cm³/mol. The molecule has 0 spiro atoms. The van der Waals surface area contributed by atoms with Gasteiger partial charge in [-0.3, -0.25) is 4.79 Å². The number of thioether (sulfide) groups is 1. The van der Waals surface area contributed by atoms with E-state index in [0.717, 1.165) is 25.0 Å². The lowest BCUT2D eigenvalue weighted by molar-refractivity contribution is -0.122. The quantitative estimate of drug-likeness (QED) is 0.690. The van der Waals surface area contributed by atoms with Crippen molar-refractivity contribution in [3.05, 3.63) is 35.4 Å². The molecule has 1 rings (SSSR count). The maximum absolute atomic E-state index is 11.7. The van der Waals surface area contributed by atoms with E-state index < -0.39 is 0 Å². The Bertz CT molecular complexity index is 417. The van der Waals surface area contributed by atoms with Gasteiger partial charge in [-0.25, -0.2) is 0 Å². The first-order valence-corrected chi connectivity index (χ1v) is 9.05. The molecular formula is C17H28N2OS. The fourth-order valence-corrected chi connectivity index (χ4v) is 2.57. The molecule has 0 unspecified atom stereocenters. The molecule has 0 aliphatic rings. The van der Waals surface area contributed by atoms with E-state index in [0.29, 0.717) is 12.5 Å². The highest BCUT2D eigenvalue weighted by Gasteiger charge is 2.11. The standard InChI is InChI=1S/C17H28N2OS/c1-13(2)15-8-6-14(7-9-15)5-4-11-19-17(20)16(18)10-12-21-3/h6-9,13,16H,4-5,10-12,18H2,1-3H3,(H,19,20)/t16-/m0/s1. The molecule has 0 heterocycles. The second-order valence-electron chi connectivity index (χ2n) is 5.68. The summed E-state index contributed by atoms with van der Waals surface area (Å²) >= 11 is 1.72. The molecule has 1 aromatic carbocycles. The zero-order chi connectivity index (χ0) is 15.7. The van der Waals surface area contributed by atoms with Crippen molar-refractivity contribution in [2.75, 3.05) is 18.6 Å². The molecule has 4 heteroatoms. The largest absolute Gasteiger partial charge is 0.355 e. The number of benzene rings is 1. The van der Waals surface area contributed by atoms with Crippen molar-refractivity contribution in [1.29, 1.82) is 0 Å². The van der Waals surface area contributed by atoms with Gasteiger partial charge in [0.25, 0.3) is 0 Å². The van der Waals surface area contributed by atoms with Gasteiger partial charge in [-0.2, -0.15) is 11.8 Å². The average Bonchev–Trinajstić information content (AvgIpc) is 2.49. The average molecular weight is 308 g/mol. The van der Waals surface area contributed by atoms with Crippen LogP contribution in [0.4, 0.5) is 0 Å². The normalized spacial score (nSPS) is 12.4. The number of amides is 1. The first-order valence-electron chi connectivity index (χ1n) is 7.65. The number of aryl methyl sites for hydroxylation is 1. The van der Waals surface area contributed by atoms with E-state index in [-0.39, 0.29) is 11.9 Å². The number of nitrogens with two attached hydrogens (primary N) is 1. The number of carbonyl (C=O) groups excluding carboxylic acids is 1. The third kappa shape index (κ3) is 7.00. The Morgan fingerprint density at radius 2 is 1.95 bits per heavy atom. The molecular weight excluding hydrogens is 280 g/mol. The summed E-state index contributed by atoms with van der Waals surface area (Å²) in [4.78, 5) is 11.7. The summed E-state index contributed by atoms with van der Waals surface area (Å²) < 4.78 is 0. The fourth-order valence-electron chi connectivity index (χ4n) is 2.08. The van der Waals surface area contributed by atoms with Crippen LogP contribution < -0.4 is 11.1 Å². The highest BCUT2D eigenvalue weighted by molar-refractivity contribution is 7.98. The van der Waals surface area contributed by atoms with Crippen molar-refractivity contribution in [2.45, 2.75) is 45.1 Å². The van der Waals surface area contributed by atoms with Gasteiger partial charge < -0.3 is 11.1 Å². The predicted octanol–water partition coefficient (Wildman–Crippen LogP) is 2.94. The van der Waals surface area contributed by atoms with Crippen molar-refractivity contribution in [2.24, 2.45) is 5.73 Å². The van der Waals surface area contributed by atoms with E-state index in [1.165, 1.54) is 11.1 Å². The molecule has 0 saturated carbocycles. The lowest BCUT2D eigenvalue weighted by atomic mass is 10.0. The second kappa shape index (κ2) is 9.85. The molecule has 0 radical (unpaired) electrons. The Morgan fingerprint density at radius 1 is 1.29 bits per heavy atom. The third-order valence-corrected chi connectivity index (χ3v) is 4.20. The molecule has 0 aliphatic carbocycles. The van der Waals surface area contributed by atoms with Crippen LogP contribution in [0.1, 0.15) is 43.7 Å². The first-order chi connectivity index (χ1) is 10.0. The van der Waals surface area contributed by atoms with Crippen LogP contribution in [0.2, 0.25) is 0 Å². The monoisotopic (exact) mass is 308 g/mol. The molecule has 3 nitrogen and oxygen atoms in total. The molecule has 0 saturated heterocycles. The van der Waals surface area contributed by atoms with Gasteiger partial charge in [0.2, 0.25) is 5.91 Å². The minimum atomic E-state index is -0.372. The first kappa shape index (κ1) is 18.1. The van der Waals surface area contributed by atoms with E-state index in [1.807, 2.05) is 6.26 Å². The minimum Gasteiger partial charge on any atom is -0.355 e. The molecule has 1 atom stereocenters. The molecule has 21 heavy (non-hydrogen) atoms. The highest BCUT2D eigenvalue weighted by Crippen LogP contribution is 2.15. The Kier molecular flexibility index (Phi) is 8.47. The van der Waals surface area contributed by atoms with E-state index in [1.54, 1.807) is 11.8 Å². The van der Waals surface area contributed by atoms with Crippen molar-refractivity contribution in [3.8, 4) is 0 Å². The SMILES string of the molecule is CSCC[C@H](N)C(=O)NCCCc1ccc(C(C)C)cc1. The van der Waals surface area contributed by atoms with Crippen LogP contribution in [-0.4, -0.2) is 30.5 Å². The maximum atomic E-state index is 11.7. The summed E-state index contributed by atoms with van der Waals surface area (Å²) in [5.74, 6) is 1.47. The molecule has 0 bridgehead atoms. The van der Waals surface area contributed by atoms with Crippen LogP contribution in [0, 0.1) is 0 Å². The maximum Gasteiger partial charge on any atom is 0.236 e. The van der Waals surface area contributed by atoms with Crippen molar-refractivity contribution >= 4 is 17.7 Å². The van der Waals surface area contributed by atoms with Gasteiger partial charge in [-0.15, -0.1) is 0 Å². The molecule has 0 aliphatic heterocycles. The molecule has 0 fully saturated rings. The van der Waals surface area contributed by atoms with Crippen LogP contribution >= 0.6 is 11.8 Å². The number of hydrogen-bond acceptors (Lipinski definition) is 3. The Morgan fingerprint density at radius 3 is 2.52 bits per heavy atom. The zero-order valence-corrected chi connectivity index (χ0v) is 14.2. The summed E-state index contributed by atoms with van der Waals surface area (Å²) in [6.45, 7) is 5.09. The summed E-state index contributed by atoms with van der Waals surface area (Å²) in [5, 5.41) is 2.92. The fraction of sp³-hybridized carbons (Fsp3) is 0.588. The third-order valence-electron chi connectivity index (χ3n) is 3.56. The van der Waals surface area contributed by atoms with Crippen molar-refractivity contribution < 1.29 is 4.79 Å². The summed E-state index contributed by atoms with van der Waals surface area (Å²) in [6.07, 6.45) is 4.69. The Hall–Kier alpha value is -1.00. The number of nitrogens with one attached hydrogen (secondary N) is 1. The van der Waals surface area contributed by atoms with Crippen molar-refractivity contribution in [1.82, 2.24) is 5.32 Å². The van der Waals surface area contributed by atoms with Gasteiger partial charge >= 0.3 is 0 Å². The molecule has 1 amide bonds. The van der Waals surface area contributed by atoms with Crippen LogP contribution in [0.25, 0.3) is 0 Å². The lowest BCUT2D eigenvalue weighted by Crippen LogP contribution is -2.41. The van der Waals surface area contributed by atoms with Gasteiger partial charge in [-0.1, -0.05) is 38.1 Å². The molecule has 118 valence electrons. The van der Waals surface area contributed by atoms with Crippen molar-refractivity contribution in [3.63, 3.8) is 0 Å². The Labute approximate surface area is 133 Å². The van der Waals surface area contributed by atoms with Crippen LogP contribution in [0.3, 0.4) is 0 Å². The lowest BCUT2D eigenvalue weighted by Gasteiger charge is -2.11. The van der Waals surface area contributed by atoms with E-state index in [2.05, 4.69) is 43.4 Å². The molecule has 1 aromatic rings. The zero-order valence-electron chi connectivity index (χ0n) is 13.4. The molecule has 0 aromatic heterocycles. The number of hydrogen-bond donors (Lipinski definition) is 2. The van der Waals surface area contributed by atoms with Crippen LogP contribution in [0.5, 0.6) is 0 Å². The van der Waals surface area contributed by atoms with Gasteiger partial charge in [0, 0.05) is 6.54 Å². The Balaban J connectivity index is 2.23. The van der Waals surface area contributed by atoms with E-state index in [4.69, 9.17) is 5.73 Å². The van der Waals surface area contributed by atoms with Gasteiger partial charge in [0.15, 0.2) is 0 Å². The van der Waals surface area contributed by atoms with Gasteiger partial charge in [0.1, 0.15) is 0 Å². The summed E-state index contributed by atoms with van der Waals surface area (Å²) in [7, 11) is 0. The van der Waals surface area contributed by atoms with Gasteiger partial charge in [0.05, 0.1) is 6.04 Å². The number of carbonyl (C=O) groups is 1. The number of rotatable bonds is 9.